The minimum atomic E-state index is -0.481. The molecule has 1 rings (SSSR count). The van der Waals surface area contributed by atoms with Crippen LogP contribution in [0.2, 0.25) is 0 Å². The lowest BCUT2D eigenvalue weighted by atomic mass is 10.0. The Hall–Kier alpha value is -1.78. The van der Waals surface area contributed by atoms with E-state index in [4.69, 9.17) is 9.47 Å². The van der Waals surface area contributed by atoms with Crippen molar-refractivity contribution < 1.29 is 14.4 Å². The highest BCUT2D eigenvalue weighted by molar-refractivity contribution is 5.55. The number of hydrogen-bond donors (Lipinski definition) is 0. The molecule has 0 bridgehead atoms. The number of ether oxygens (including phenoxy) is 2. The summed E-state index contributed by atoms with van der Waals surface area (Å²) in [4.78, 5) is 10.3. The summed E-state index contributed by atoms with van der Waals surface area (Å²) in [6, 6.07) is 3.05. The molecule has 5 nitrogen and oxygen atoms in total. The van der Waals surface area contributed by atoms with E-state index in [1.165, 1.54) is 20.3 Å². The van der Waals surface area contributed by atoms with Crippen molar-refractivity contribution in [3.63, 3.8) is 0 Å². The molecular weight excluding hydrogens is 210 g/mol. The zero-order valence-corrected chi connectivity index (χ0v) is 9.81. The van der Waals surface area contributed by atoms with Crippen LogP contribution < -0.4 is 9.47 Å². The molecule has 0 aromatic heterocycles. The van der Waals surface area contributed by atoms with E-state index in [0.717, 1.165) is 5.56 Å². The fraction of sp³-hybridized carbons (Fsp3) is 0.455. The molecule has 0 saturated carbocycles. The molecule has 88 valence electrons. The molecule has 0 aliphatic rings. The van der Waals surface area contributed by atoms with E-state index in [1.54, 1.807) is 6.07 Å². The monoisotopic (exact) mass is 225 g/mol. The fourth-order valence-corrected chi connectivity index (χ4v) is 1.50. The number of benzene rings is 1. The molecule has 1 aromatic carbocycles. The lowest BCUT2D eigenvalue weighted by molar-refractivity contribution is -0.385. The van der Waals surface area contributed by atoms with Crippen LogP contribution in [0.4, 0.5) is 5.69 Å². The van der Waals surface area contributed by atoms with E-state index in [2.05, 4.69) is 0 Å². The van der Waals surface area contributed by atoms with Gasteiger partial charge in [0.05, 0.1) is 25.2 Å². The molecule has 0 fully saturated rings. The first-order valence-corrected chi connectivity index (χ1v) is 4.91. The number of methoxy groups -OCH3 is 2. The Balaban J connectivity index is 3.40. The molecule has 1 aromatic rings. The zero-order chi connectivity index (χ0) is 12.3. The summed E-state index contributed by atoms with van der Waals surface area (Å²) in [6.45, 7) is 3.98. The van der Waals surface area contributed by atoms with Crippen molar-refractivity contribution in [2.75, 3.05) is 14.2 Å². The summed E-state index contributed by atoms with van der Waals surface area (Å²) in [5, 5.41) is 10.8. The number of hydrogen-bond acceptors (Lipinski definition) is 4. The zero-order valence-electron chi connectivity index (χ0n) is 9.81. The summed E-state index contributed by atoms with van der Waals surface area (Å²) in [7, 11) is 2.91. The quantitative estimate of drug-likeness (QED) is 0.583. The molecule has 0 saturated heterocycles. The Labute approximate surface area is 94.1 Å². The smallest absolute Gasteiger partial charge is 0.314 e. The average molecular weight is 225 g/mol. The molecule has 0 unspecified atom stereocenters. The summed E-state index contributed by atoms with van der Waals surface area (Å²) in [6.07, 6.45) is 0. The van der Waals surface area contributed by atoms with Crippen molar-refractivity contribution in [2.45, 2.75) is 19.8 Å². The summed E-state index contributed by atoms with van der Waals surface area (Å²) in [5.41, 5.74) is 0.814. The number of nitro benzene ring substituents is 1. The van der Waals surface area contributed by atoms with Crippen molar-refractivity contribution in [2.24, 2.45) is 0 Å². The lowest BCUT2D eigenvalue weighted by Crippen LogP contribution is -1.99. The first-order valence-electron chi connectivity index (χ1n) is 4.91. The van der Waals surface area contributed by atoms with Crippen LogP contribution >= 0.6 is 0 Å². The van der Waals surface area contributed by atoms with Crippen molar-refractivity contribution >= 4 is 5.69 Å². The first-order chi connectivity index (χ1) is 7.51. The van der Waals surface area contributed by atoms with Gasteiger partial charge in [-0.1, -0.05) is 13.8 Å². The van der Waals surface area contributed by atoms with E-state index in [0.29, 0.717) is 5.75 Å². The van der Waals surface area contributed by atoms with Gasteiger partial charge in [0, 0.05) is 5.56 Å². The topological polar surface area (TPSA) is 61.6 Å². The van der Waals surface area contributed by atoms with Crippen LogP contribution in [-0.4, -0.2) is 19.1 Å². The van der Waals surface area contributed by atoms with Crippen LogP contribution in [0, 0.1) is 10.1 Å². The van der Waals surface area contributed by atoms with Gasteiger partial charge in [-0.2, -0.15) is 0 Å². The standard InChI is InChI=1S/C11H15NO4/c1-7(2)8-5-11(16-4)9(12(13)14)6-10(8)15-3/h5-7H,1-4H3. The van der Waals surface area contributed by atoms with E-state index >= 15 is 0 Å². The Morgan fingerprint density at radius 1 is 1.19 bits per heavy atom. The molecule has 0 heterocycles. The molecular formula is C11H15NO4. The minimum absolute atomic E-state index is 0.0799. The number of nitrogens with zero attached hydrogens (tertiary/aromatic N) is 1. The van der Waals surface area contributed by atoms with Gasteiger partial charge in [0.2, 0.25) is 0 Å². The van der Waals surface area contributed by atoms with Crippen LogP contribution in [0.1, 0.15) is 25.3 Å². The summed E-state index contributed by atoms with van der Waals surface area (Å²) in [5.74, 6) is 0.988. The second kappa shape index (κ2) is 4.83. The van der Waals surface area contributed by atoms with Crippen molar-refractivity contribution in [3.8, 4) is 11.5 Å². The Morgan fingerprint density at radius 2 is 1.75 bits per heavy atom. The van der Waals surface area contributed by atoms with Crippen LogP contribution in [0.15, 0.2) is 12.1 Å². The van der Waals surface area contributed by atoms with Crippen LogP contribution in [0.5, 0.6) is 11.5 Å². The van der Waals surface area contributed by atoms with Crippen molar-refractivity contribution in [1.82, 2.24) is 0 Å². The van der Waals surface area contributed by atoms with E-state index < -0.39 is 4.92 Å². The van der Waals surface area contributed by atoms with Gasteiger partial charge in [-0.15, -0.1) is 0 Å². The SMILES string of the molecule is COc1cc([N+](=O)[O-])c(OC)cc1C(C)C. The molecule has 16 heavy (non-hydrogen) atoms. The third-order valence-corrected chi connectivity index (χ3v) is 2.35. The maximum absolute atomic E-state index is 10.8. The fourth-order valence-electron chi connectivity index (χ4n) is 1.50. The third-order valence-electron chi connectivity index (χ3n) is 2.35. The predicted octanol–water partition coefficient (Wildman–Crippen LogP) is 2.74. The molecule has 5 heteroatoms. The van der Waals surface area contributed by atoms with Gasteiger partial charge in [0.1, 0.15) is 5.75 Å². The predicted molar refractivity (Wildman–Crippen MR) is 60.3 cm³/mol. The van der Waals surface area contributed by atoms with Crippen molar-refractivity contribution in [3.05, 3.63) is 27.8 Å². The van der Waals surface area contributed by atoms with Crippen molar-refractivity contribution in [1.29, 1.82) is 0 Å². The summed E-state index contributed by atoms with van der Waals surface area (Å²) >= 11 is 0. The second-order valence-electron chi connectivity index (χ2n) is 3.68. The largest absolute Gasteiger partial charge is 0.496 e. The molecule has 0 amide bonds. The van der Waals surface area contributed by atoms with E-state index in [1.807, 2.05) is 13.8 Å². The van der Waals surface area contributed by atoms with Gasteiger partial charge in [-0.3, -0.25) is 10.1 Å². The van der Waals surface area contributed by atoms with Gasteiger partial charge in [0.15, 0.2) is 5.75 Å². The van der Waals surface area contributed by atoms with Gasteiger partial charge in [-0.05, 0) is 12.0 Å². The van der Waals surface area contributed by atoms with Crippen LogP contribution in [-0.2, 0) is 0 Å². The maximum atomic E-state index is 10.8. The Morgan fingerprint density at radius 3 is 2.12 bits per heavy atom. The highest BCUT2D eigenvalue weighted by Crippen LogP contribution is 2.37. The Bertz CT molecular complexity index is 401. The average Bonchev–Trinajstić information content (AvgIpc) is 2.26. The first kappa shape index (κ1) is 12.3. The highest BCUT2D eigenvalue weighted by Gasteiger charge is 2.20. The number of rotatable bonds is 4. The molecule has 0 aliphatic carbocycles. The lowest BCUT2D eigenvalue weighted by Gasteiger charge is -2.13. The molecule has 0 atom stereocenters. The summed E-state index contributed by atoms with van der Waals surface area (Å²) < 4.78 is 10.1. The normalized spacial score (nSPS) is 10.3. The third kappa shape index (κ3) is 2.24. The number of nitro groups is 1. The van der Waals surface area contributed by atoms with Gasteiger partial charge in [-0.25, -0.2) is 0 Å². The van der Waals surface area contributed by atoms with Gasteiger partial charge < -0.3 is 9.47 Å². The van der Waals surface area contributed by atoms with Gasteiger partial charge >= 0.3 is 5.69 Å². The van der Waals surface area contributed by atoms with Gasteiger partial charge in [0.25, 0.3) is 0 Å². The highest BCUT2D eigenvalue weighted by atomic mass is 16.6. The Kier molecular flexibility index (Phi) is 3.71. The molecule has 0 aliphatic heterocycles. The second-order valence-corrected chi connectivity index (χ2v) is 3.68. The van der Waals surface area contributed by atoms with Crippen LogP contribution in [0.25, 0.3) is 0 Å². The minimum Gasteiger partial charge on any atom is -0.496 e. The van der Waals surface area contributed by atoms with E-state index in [9.17, 15) is 10.1 Å². The molecule has 0 spiro atoms. The maximum Gasteiger partial charge on any atom is 0.314 e. The van der Waals surface area contributed by atoms with Crippen LogP contribution in [0.3, 0.4) is 0 Å². The molecule has 0 radical (unpaired) electrons. The van der Waals surface area contributed by atoms with E-state index in [-0.39, 0.29) is 17.4 Å². The molecule has 0 N–H and O–H groups in total.